The number of unbranched alkanes of at least 4 members (excludes halogenated alkanes) is 5. The number of hydrogen-bond acceptors (Lipinski definition) is 1. The summed E-state index contributed by atoms with van der Waals surface area (Å²) in [5.74, 6) is 0.147. The number of benzene rings is 1. The SMILES string of the molecule is CC(=O)c1ccc(CCCCCCCCBr)cc1. The van der Waals surface area contributed by atoms with Gasteiger partial charge in [0.05, 0.1) is 0 Å². The first-order valence-corrected chi connectivity index (χ1v) is 8.02. The first kappa shape index (κ1) is 15.4. The molecule has 0 spiro atoms. The highest BCUT2D eigenvalue weighted by molar-refractivity contribution is 9.09. The summed E-state index contributed by atoms with van der Waals surface area (Å²) in [6, 6.07) is 8.05. The third-order valence-electron chi connectivity index (χ3n) is 3.21. The lowest BCUT2D eigenvalue weighted by molar-refractivity contribution is 0.101. The van der Waals surface area contributed by atoms with Crippen molar-refractivity contribution in [2.75, 3.05) is 5.33 Å². The molecule has 0 aromatic heterocycles. The average molecular weight is 311 g/mol. The van der Waals surface area contributed by atoms with Gasteiger partial charge in [0.25, 0.3) is 0 Å². The van der Waals surface area contributed by atoms with Crippen LogP contribution in [0.15, 0.2) is 24.3 Å². The maximum Gasteiger partial charge on any atom is 0.159 e. The van der Waals surface area contributed by atoms with Crippen molar-refractivity contribution in [3.63, 3.8) is 0 Å². The van der Waals surface area contributed by atoms with Crippen molar-refractivity contribution in [2.24, 2.45) is 0 Å². The molecule has 2 heteroatoms. The predicted molar refractivity (Wildman–Crippen MR) is 81.6 cm³/mol. The molecule has 1 aromatic carbocycles. The van der Waals surface area contributed by atoms with E-state index < -0.39 is 0 Å². The summed E-state index contributed by atoms with van der Waals surface area (Å²) in [5.41, 5.74) is 2.16. The number of carbonyl (C=O) groups excluding carboxylic acids is 1. The summed E-state index contributed by atoms with van der Waals surface area (Å²) in [6.07, 6.45) is 9.06. The van der Waals surface area contributed by atoms with Crippen LogP contribution in [0, 0.1) is 0 Å². The summed E-state index contributed by atoms with van der Waals surface area (Å²) < 4.78 is 0. The molecule has 1 aromatic rings. The monoisotopic (exact) mass is 310 g/mol. The molecule has 0 aliphatic rings. The molecule has 1 nitrogen and oxygen atoms in total. The van der Waals surface area contributed by atoms with E-state index in [1.165, 1.54) is 44.1 Å². The van der Waals surface area contributed by atoms with E-state index in [0.29, 0.717) is 0 Å². The highest BCUT2D eigenvalue weighted by atomic mass is 79.9. The summed E-state index contributed by atoms with van der Waals surface area (Å²) in [5, 5.41) is 1.13. The lowest BCUT2D eigenvalue weighted by Gasteiger charge is -2.03. The van der Waals surface area contributed by atoms with Crippen molar-refractivity contribution in [3.8, 4) is 0 Å². The standard InChI is InChI=1S/C16H23BrO/c1-14(18)16-11-9-15(10-12-16)8-6-4-2-3-5-7-13-17/h9-12H,2-8,13H2,1H3. The molecule has 0 unspecified atom stereocenters. The van der Waals surface area contributed by atoms with Gasteiger partial charge in [-0.2, -0.15) is 0 Å². The van der Waals surface area contributed by atoms with Gasteiger partial charge in [-0.25, -0.2) is 0 Å². The average Bonchev–Trinajstić information content (AvgIpc) is 2.38. The molecular weight excluding hydrogens is 288 g/mol. The summed E-state index contributed by atoms with van der Waals surface area (Å²) in [7, 11) is 0. The van der Waals surface area contributed by atoms with E-state index in [-0.39, 0.29) is 5.78 Å². The number of hydrogen-bond donors (Lipinski definition) is 0. The van der Waals surface area contributed by atoms with Gasteiger partial charge in [0.1, 0.15) is 0 Å². The zero-order chi connectivity index (χ0) is 13.2. The van der Waals surface area contributed by atoms with Crippen molar-refractivity contribution in [3.05, 3.63) is 35.4 Å². The van der Waals surface area contributed by atoms with Gasteiger partial charge >= 0.3 is 0 Å². The lowest BCUT2D eigenvalue weighted by atomic mass is 10.0. The minimum atomic E-state index is 0.147. The van der Waals surface area contributed by atoms with Gasteiger partial charge in [0, 0.05) is 10.9 Å². The van der Waals surface area contributed by atoms with Gasteiger partial charge in [0.15, 0.2) is 5.78 Å². The van der Waals surface area contributed by atoms with E-state index >= 15 is 0 Å². The van der Waals surface area contributed by atoms with E-state index in [1.807, 2.05) is 12.1 Å². The quantitative estimate of drug-likeness (QED) is 0.349. The minimum Gasteiger partial charge on any atom is -0.295 e. The zero-order valence-electron chi connectivity index (χ0n) is 11.3. The molecular formula is C16H23BrO. The number of ketones is 1. The molecule has 0 radical (unpaired) electrons. The highest BCUT2D eigenvalue weighted by Gasteiger charge is 1.99. The molecule has 0 saturated carbocycles. The number of rotatable bonds is 9. The van der Waals surface area contributed by atoms with Crippen LogP contribution in [0.1, 0.15) is 61.4 Å². The lowest BCUT2D eigenvalue weighted by Crippen LogP contribution is -1.92. The molecule has 0 bridgehead atoms. The van der Waals surface area contributed by atoms with E-state index in [4.69, 9.17) is 0 Å². The van der Waals surface area contributed by atoms with Crippen LogP contribution in [0.2, 0.25) is 0 Å². The molecule has 0 aliphatic heterocycles. The van der Waals surface area contributed by atoms with Gasteiger partial charge in [-0.05, 0) is 31.7 Å². The van der Waals surface area contributed by atoms with Crippen molar-refractivity contribution < 1.29 is 4.79 Å². The second-order valence-corrected chi connectivity index (χ2v) is 5.61. The Balaban J connectivity index is 2.14. The minimum absolute atomic E-state index is 0.147. The molecule has 0 fully saturated rings. The molecule has 100 valence electrons. The predicted octanol–water partition coefficient (Wildman–Crippen LogP) is 5.17. The van der Waals surface area contributed by atoms with E-state index in [9.17, 15) is 4.79 Å². The second-order valence-electron chi connectivity index (χ2n) is 4.81. The molecule has 0 amide bonds. The Kier molecular flexibility index (Phi) is 7.99. The number of aryl methyl sites for hydroxylation is 1. The van der Waals surface area contributed by atoms with Crippen LogP contribution in [0.4, 0.5) is 0 Å². The Bertz CT molecular complexity index is 343. The molecule has 0 atom stereocenters. The second kappa shape index (κ2) is 9.32. The maximum absolute atomic E-state index is 11.1. The third-order valence-corrected chi connectivity index (χ3v) is 3.77. The van der Waals surface area contributed by atoms with E-state index in [2.05, 4.69) is 28.1 Å². The summed E-state index contributed by atoms with van der Waals surface area (Å²) >= 11 is 3.45. The van der Waals surface area contributed by atoms with Crippen LogP contribution in [-0.4, -0.2) is 11.1 Å². The Morgan fingerprint density at radius 2 is 1.50 bits per heavy atom. The molecule has 0 N–H and O–H groups in total. The Morgan fingerprint density at radius 1 is 0.944 bits per heavy atom. The smallest absolute Gasteiger partial charge is 0.159 e. The fraction of sp³-hybridized carbons (Fsp3) is 0.562. The number of halogens is 1. The van der Waals surface area contributed by atoms with Gasteiger partial charge in [0.2, 0.25) is 0 Å². The largest absolute Gasteiger partial charge is 0.295 e. The Morgan fingerprint density at radius 3 is 2.06 bits per heavy atom. The number of alkyl halides is 1. The third kappa shape index (κ3) is 6.34. The van der Waals surface area contributed by atoms with Crippen LogP contribution >= 0.6 is 15.9 Å². The van der Waals surface area contributed by atoms with Gasteiger partial charge in [-0.3, -0.25) is 4.79 Å². The first-order valence-electron chi connectivity index (χ1n) is 6.90. The molecule has 18 heavy (non-hydrogen) atoms. The van der Waals surface area contributed by atoms with Crippen LogP contribution in [0.5, 0.6) is 0 Å². The van der Waals surface area contributed by atoms with Crippen LogP contribution in [0.25, 0.3) is 0 Å². The Labute approximate surface area is 119 Å². The normalized spacial score (nSPS) is 10.6. The number of Topliss-reactive ketones (excluding diaryl/α,β-unsaturated/α-hetero) is 1. The Hall–Kier alpha value is -0.630. The van der Waals surface area contributed by atoms with Crippen molar-refractivity contribution >= 4 is 21.7 Å². The fourth-order valence-electron chi connectivity index (χ4n) is 2.04. The maximum atomic E-state index is 11.1. The van der Waals surface area contributed by atoms with Gasteiger partial charge in [-0.1, -0.05) is 65.9 Å². The topological polar surface area (TPSA) is 17.1 Å². The molecule has 0 saturated heterocycles. The number of carbonyl (C=O) groups is 1. The van der Waals surface area contributed by atoms with Crippen LogP contribution in [-0.2, 0) is 6.42 Å². The first-order chi connectivity index (χ1) is 8.74. The molecule has 1 rings (SSSR count). The van der Waals surface area contributed by atoms with Gasteiger partial charge in [-0.15, -0.1) is 0 Å². The van der Waals surface area contributed by atoms with E-state index in [0.717, 1.165) is 17.3 Å². The van der Waals surface area contributed by atoms with Crippen LogP contribution in [0.3, 0.4) is 0 Å². The molecule has 0 heterocycles. The summed E-state index contributed by atoms with van der Waals surface area (Å²) in [6.45, 7) is 1.61. The highest BCUT2D eigenvalue weighted by Crippen LogP contribution is 2.11. The van der Waals surface area contributed by atoms with Gasteiger partial charge < -0.3 is 0 Å². The zero-order valence-corrected chi connectivity index (χ0v) is 12.8. The van der Waals surface area contributed by atoms with Crippen LogP contribution < -0.4 is 0 Å². The van der Waals surface area contributed by atoms with Crippen molar-refractivity contribution in [1.29, 1.82) is 0 Å². The van der Waals surface area contributed by atoms with Crippen molar-refractivity contribution in [1.82, 2.24) is 0 Å². The summed E-state index contributed by atoms with van der Waals surface area (Å²) in [4.78, 5) is 11.1. The molecule has 0 aliphatic carbocycles. The van der Waals surface area contributed by atoms with E-state index in [1.54, 1.807) is 6.92 Å². The van der Waals surface area contributed by atoms with Crippen molar-refractivity contribution in [2.45, 2.75) is 51.9 Å². The fourth-order valence-corrected chi connectivity index (χ4v) is 2.43.